The Balaban J connectivity index is 0.000000211. The second-order valence-corrected chi connectivity index (χ2v) is 31.4. The number of anilines is 8. The van der Waals surface area contributed by atoms with E-state index in [0.29, 0.717) is 39.9 Å². The van der Waals surface area contributed by atoms with E-state index in [1.54, 1.807) is 43.3 Å². The molecule has 43 heteroatoms. The summed E-state index contributed by atoms with van der Waals surface area (Å²) in [5.41, 5.74) is -0.484. The fourth-order valence-corrected chi connectivity index (χ4v) is 12.5. The van der Waals surface area contributed by atoms with Gasteiger partial charge in [0.05, 0.1) is 49.2 Å². The molecule has 0 radical (unpaired) electrons. The average Bonchev–Trinajstić information content (AvgIpc) is 1.05. The number of hydroxylamine groups is 3. The van der Waals surface area contributed by atoms with Crippen LogP contribution in [0.5, 0.6) is 0 Å². The van der Waals surface area contributed by atoms with Crippen molar-refractivity contribution in [3.63, 3.8) is 0 Å². The summed E-state index contributed by atoms with van der Waals surface area (Å²) in [6.45, 7) is 2.87. The Morgan fingerprint density at radius 3 is 1.07 bits per heavy atom. The van der Waals surface area contributed by atoms with Crippen molar-refractivity contribution in [1.82, 2.24) is 73.0 Å². The number of benzene rings is 4. The van der Waals surface area contributed by atoms with Gasteiger partial charge in [0.2, 0.25) is 0 Å². The summed E-state index contributed by atoms with van der Waals surface area (Å²) in [6.07, 6.45) is 3.61. The van der Waals surface area contributed by atoms with Gasteiger partial charge in [-0.25, -0.2) is 53.2 Å². The van der Waals surface area contributed by atoms with Crippen LogP contribution in [0.1, 0.15) is 67.1 Å². The molecule has 4 aromatic heterocycles. The molecule has 35 nitrogen and oxygen atoms in total. The third-order valence-electron chi connectivity index (χ3n) is 17.4. The summed E-state index contributed by atoms with van der Waals surface area (Å²) < 4.78 is 67.5. The van der Waals surface area contributed by atoms with Gasteiger partial charge in [-0.2, -0.15) is 0 Å². The molecule has 9 N–H and O–H groups in total. The highest BCUT2D eigenvalue weighted by Gasteiger charge is 2.31. The van der Waals surface area contributed by atoms with E-state index in [9.17, 15) is 75.1 Å². The number of halogens is 8. The number of likely N-dealkylation sites (N-methyl/N-ethyl adjacent to an activating group) is 2. The summed E-state index contributed by atoms with van der Waals surface area (Å²) in [7, 11) is 18.7. The first-order valence-electron chi connectivity index (χ1n) is 34.6. The molecule has 1 saturated heterocycles. The predicted molar refractivity (Wildman–Crippen MR) is 451 cm³/mol. The number of hydrogen-bond donors (Lipinski definition) is 9. The molecule has 616 valence electrons. The number of carbonyl (C=O) groups excluding carboxylic acids is 4. The van der Waals surface area contributed by atoms with Crippen LogP contribution in [-0.2, 0) is 70.4 Å². The first kappa shape index (κ1) is 92.2. The first-order valence-corrected chi connectivity index (χ1v) is 38.9. The van der Waals surface area contributed by atoms with Gasteiger partial charge in [-0.1, -0.05) is 0 Å². The molecule has 0 unspecified atom stereocenters. The SMILES string of the molecule is CN(C)CCONC(=O)c1c(Nc2ccc(I)cc2F)n(C)c(=O)n(C)c1=O.CN(C)CCn1c(=O)c(C(=O)NOCCO)c(Nc2ccc(I)cc2F)n(C)c1=O.CN1CCC(CONC(=O)c2c(Nc3ccc(I)cc3F)n(C)c(=O)n(C)c2=O)CC1.Cn1c(Nc2ccc(I)cc2F)c(C(=O)NC2CC2)c(=O)n(C)c1=O. The van der Waals surface area contributed by atoms with E-state index in [1.165, 1.54) is 97.9 Å². The molecule has 8 aromatic rings. The van der Waals surface area contributed by atoms with Gasteiger partial charge in [-0.3, -0.25) is 89.4 Å². The van der Waals surface area contributed by atoms with Crippen molar-refractivity contribution in [2.45, 2.75) is 38.3 Å². The van der Waals surface area contributed by atoms with E-state index in [0.717, 1.165) is 75.3 Å². The highest BCUT2D eigenvalue weighted by atomic mass is 127. The topological polar surface area (TPSA) is 398 Å². The lowest BCUT2D eigenvalue weighted by Gasteiger charge is -2.28. The number of nitrogens with zero attached hydrogens (tertiary/aromatic N) is 11. The average molecular weight is 2040 g/mol. The number of amides is 4. The molecule has 2 aliphatic rings. The summed E-state index contributed by atoms with van der Waals surface area (Å²) in [6, 6.07) is 17.7. The fraction of sp³-hybridized carbons (Fsp3) is 0.380. The minimum absolute atomic E-state index is 0.0128. The van der Waals surface area contributed by atoms with E-state index in [1.807, 2.05) is 109 Å². The van der Waals surface area contributed by atoms with Gasteiger partial charge in [0.15, 0.2) is 0 Å². The lowest BCUT2D eigenvalue weighted by atomic mass is 9.98. The van der Waals surface area contributed by atoms with E-state index < -0.39 is 97.5 Å². The smallest absolute Gasteiger partial charge is 0.332 e. The van der Waals surface area contributed by atoms with E-state index in [4.69, 9.17) is 19.6 Å². The lowest BCUT2D eigenvalue weighted by molar-refractivity contribution is 0.00630. The van der Waals surface area contributed by atoms with Crippen molar-refractivity contribution >= 4 is 160 Å². The van der Waals surface area contributed by atoms with Gasteiger partial charge in [0, 0.05) is 89.3 Å². The minimum Gasteiger partial charge on any atom is -0.394 e. The van der Waals surface area contributed by atoms with Crippen LogP contribution in [0.3, 0.4) is 0 Å². The Hall–Kier alpha value is -8.96. The van der Waals surface area contributed by atoms with E-state index in [2.05, 4.69) is 55.0 Å². The Morgan fingerprint density at radius 1 is 0.430 bits per heavy atom. The van der Waals surface area contributed by atoms with Gasteiger partial charge in [0.25, 0.3) is 45.9 Å². The number of aliphatic hydroxyl groups is 1. The largest absolute Gasteiger partial charge is 0.394 e. The normalized spacial score (nSPS) is 12.7. The molecule has 10 rings (SSSR count). The van der Waals surface area contributed by atoms with Crippen LogP contribution < -0.4 is 88.0 Å². The second-order valence-electron chi connectivity index (χ2n) is 26.4. The third-order valence-corrected chi connectivity index (χ3v) is 20.0. The number of aliphatic hydroxyl groups excluding tert-OH is 1. The number of carbonyl (C=O) groups is 4. The van der Waals surface area contributed by atoms with E-state index >= 15 is 0 Å². The number of aromatic nitrogens is 8. The Morgan fingerprint density at radius 2 is 0.746 bits per heavy atom. The zero-order chi connectivity index (χ0) is 84.4. The molecule has 0 atom stereocenters. The van der Waals surface area contributed by atoms with Crippen molar-refractivity contribution in [3.05, 3.63) is 216 Å². The third kappa shape index (κ3) is 24.1. The molecule has 114 heavy (non-hydrogen) atoms. The van der Waals surface area contributed by atoms with Crippen LogP contribution in [0.2, 0.25) is 0 Å². The summed E-state index contributed by atoms with van der Waals surface area (Å²) in [5.74, 6) is -5.67. The molecule has 5 heterocycles. The van der Waals surface area contributed by atoms with Gasteiger partial charge in [-0.15, -0.1) is 0 Å². The maximum atomic E-state index is 14.4. The maximum absolute atomic E-state index is 14.4. The zero-order valence-electron chi connectivity index (χ0n) is 63.8. The standard InChI is InChI=1S/C20H25FIN5O4.C18H23FIN5O5.C17H21FIN5O4.C16H16FIN4O3/c1-25-8-6-12(7-9-25)11-31-24-18(28)16-17(26(2)20(30)27(3)19(16)29)23-15-5-4-13(22)10-14(15)21;1-23(2)6-7-25-17(28)14(16(27)22-30-9-8-26)15(24(3)18(25)29)21-13-5-4-11(20)10-12(13)19;1-22(2)7-8-28-21-15(25)13-14(23(3)17(27)24(4)16(13)26)20-12-6-5-10(19)9-11(12)18;1-21-13(20-11-6-3-8(18)7-10(11)17)12(14(23)19-9-4-5-9)15(24)22(2)16(21)25/h4-5,10,12,23H,6-9,11H2,1-3H3,(H,24,28);4-5,10,21,26H,6-9H2,1-3H3,(H,22,27);5-6,9,20H,7-8H2,1-4H3,(H,21,25);3,6-7,9,20H,4-5H2,1-2H3,(H,19,23). The number of likely N-dealkylation sites (tertiary alicyclic amines) is 1. The second kappa shape index (κ2) is 42.1. The van der Waals surface area contributed by atoms with Gasteiger partial charge >= 0.3 is 22.8 Å². The summed E-state index contributed by atoms with van der Waals surface area (Å²) >= 11 is 7.84. The zero-order valence-corrected chi connectivity index (χ0v) is 72.4. The Labute approximate surface area is 702 Å². The van der Waals surface area contributed by atoms with Crippen molar-refractivity contribution in [2.24, 2.45) is 55.3 Å². The Bertz CT molecular complexity index is 5430. The number of piperidine rings is 1. The number of hydrogen-bond acceptors (Lipinski definition) is 23. The van der Waals surface area contributed by atoms with Crippen molar-refractivity contribution in [2.75, 3.05) is 109 Å². The lowest BCUT2D eigenvalue weighted by Crippen LogP contribution is -2.46. The van der Waals surface area contributed by atoms with Gasteiger partial charge in [0.1, 0.15) is 68.8 Å². The van der Waals surface area contributed by atoms with E-state index in [-0.39, 0.29) is 95.1 Å². The number of rotatable bonds is 26. The van der Waals surface area contributed by atoms with Crippen molar-refractivity contribution < 1.29 is 56.4 Å². The van der Waals surface area contributed by atoms with Crippen molar-refractivity contribution in [3.8, 4) is 0 Å². The molecule has 1 aliphatic carbocycles. The van der Waals surface area contributed by atoms with Crippen LogP contribution in [0, 0.1) is 43.5 Å². The number of nitrogens with one attached hydrogen (secondary N) is 8. The molecule has 0 spiro atoms. The van der Waals surface area contributed by atoms with Crippen LogP contribution in [0.15, 0.2) is 111 Å². The van der Waals surface area contributed by atoms with Crippen LogP contribution in [-0.4, -0.2) is 174 Å². The van der Waals surface area contributed by atoms with Gasteiger partial charge < -0.3 is 46.4 Å². The molecular weight excluding hydrogens is 1960 g/mol. The Kier molecular flexibility index (Phi) is 34.0. The van der Waals surface area contributed by atoms with Crippen LogP contribution in [0.4, 0.5) is 63.6 Å². The molecule has 1 aliphatic heterocycles. The predicted octanol–water partition coefficient (Wildman–Crippen LogP) is 4.08. The van der Waals surface area contributed by atoms with Crippen LogP contribution >= 0.6 is 90.4 Å². The molecule has 4 amide bonds. The minimum atomic E-state index is -0.934. The van der Waals surface area contributed by atoms with Gasteiger partial charge in [-0.05, 0) is 243 Å². The van der Waals surface area contributed by atoms with Crippen molar-refractivity contribution in [1.29, 1.82) is 0 Å². The quantitative estimate of drug-likeness (QED) is 0.0160. The monoisotopic (exact) mass is 2040 g/mol. The maximum Gasteiger partial charge on any atom is 0.332 e. The molecule has 0 bridgehead atoms. The van der Waals surface area contributed by atoms with Crippen LogP contribution in [0.25, 0.3) is 0 Å². The highest BCUT2D eigenvalue weighted by molar-refractivity contribution is 14.1. The summed E-state index contributed by atoms with van der Waals surface area (Å²) in [4.78, 5) is 172. The molecule has 1 saturated carbocycles. The summed E-state index contributed by atoms with van der Waals surface area (Å²) in [5, 5.41) is 22.3. The molecular formula is C71H85F4I4N19O16. The fourth-order valence-electron chi connectivity index (χ4n) is 10.7. The molecule has 4 aromatic carbocycles. The first-order chi connectivity index (χ1) is 53.8. The molecule has 2 fully saturated rings. The highest BCUT2D eigenvalue weighted by Crippen LogP contribution is 2.28.